The number of aromatic nitrogens is 3. The number of nitrogens with one attached hydrogen (secondary N) is 1. The van der Waals surface area contributed by atoms with Crippen LogP contribution in [-0.4, -0.2) is 26.0 Å². The molecule has 8 heteroatoms. The summed E-state index contributed by atoms with van der Waals surface area (Å²) in [6.45, 7) is 1.82. The Morgan fingerprint density at radius 2 is 2.15 bits per heavy atom. The van der Waals surface area contributed by atoms with Crippen LogP contribution in [0.1, 0.15) is 51.3 Å². The van der Waals surface area contributed by atoms with E-state index in [-0.39, 0.29) is 11.2 Å². The van der Waals surface area contributed by atoms with Crippen LogP contribution in [0.4, 0.5) is 5.69 Å². The molecule has 0 bridgehead atoms. The Balaban J connectivity index is 1.53. The number of nitrogens with zero attached hydrogens (tertiary/aromatic N) is 3. The molecule has 1 aliphatic rings. The molecule has 0 unspecified atom stereocenters. The molecule has 1 fully saturated rings. The Hall–Kier alpha value is -1.73. The highest BCUT2D eigenvalue weighted by molar-refractivity contribution is 8.00. The second-order valence-corrected chi connectivity index (χ2v) is 8.82. The number of nitrogens with two attached hydrogens (primary N) is 1. The van der Waals surface area contributed by atoms with E-state index in [4.69, 9.17) is 17.4 Å². The summed E-state index contributed by atoms with van der Waals surface area (Å²) < 4.78 is 1.52. The minimum Gasteiger partial charge on any atom is -0.336 e. The molecule has 1 aliphatic carbocycles. The van der Waals surface area contributed by atoms with E-state index >= 15 is 0 Å². The lowest BCUT2D eigenvalue weighted by Gasteiger charge is -2.20. The zero-order valence-corrected chi connectivity index (χ0v) is 17.1. The fourth-order valence-electron chi connectivity index (χ4n) is 3.39. The number of nitrogen functional groups attached to an aromatic ring is 1. The summed E-state index contributed by atoms with van der Waals surface area (Å²) in [4.78, 5) is 12.4. The van der Waals surface area contributed by atoms with Crippen molar-refractivity contribution in [2.24, 2.45) is 5.92 Å². The van der Waals surface area contributed by atoms with E-state index in [2.05, 4.69) is 15.5 Å². The molecule has 1 heterocycles. The van der Waals surface area contributed by atoms with Crippen LogP contribution in [-0.2, 0) is 11.2 Å². The summed E-state index contributed by atoms with van der Waals surface area (Å²) in [5, 5.41) is 12.0. The van der Waals surface area contributed by atoms with E-state index in [0.717, 1.165) is 24.6 Å². The smallest absolute Gasteiger partial charge is 0.237 e. The number of carbonyl (C=O) groups is 1. The second kappa shape index (κ2) is 9.46. The lowest BCUT2D eigenvalue weighted by molar-refractivity contribution is -0.115. The molecule has 3 rings (SSSR count). The molecule has 6 nitrogen and oxygen atoms in total. The molecule has 3 N–H and O–H groups in total. The molecule has 27 heavy (non-hydrogen) atoms. The van der Waals surface area contributed by atoms with Gasteiger partial charge in [-0.1, -0.05) is 61.5 Å². The highest BCUT2D eigenvalue weighted by Crippen LogP contribution is 2.28. The molecular formula is C19H26ClN5OS. The Morgan fingerprint density at radius 1 is 1.37 bits per heavy atom. The first-order valence-electron chi connectivity index (χ1n) is 9.45. The van der Waals surface area contributed by atoms with Gasteiger partial charge in [0.15, 0.2) is 5.82 Å². The lowest BCUT2D eigenvalue weighted by atomic mass is 9.86. The largest absolute Gasteiger partial charge is 0.336 e. The summed E-state index contributed by atoms with van der Waals surface area (Å²) in [6.07, 6.45) is 8.57. The van der Waals surface area contributed by atoms with Gasteiger partial charge in [-0.05, 0) is 37.5 Å². The normalized spacial score (nSPS) is 16.2. The van der Waals surface area contributed by atoms with Crippen molar-refractivity contribution in [2.45, 2.75) is 62.3 Å². The van der Waals surface area contributed by atoms with Gasteiger partial charge in [-0.25, -0.2) is 4.68 Å². The first-order chi connectivity index (χ1) is 13.0. The van der Waals surface area contributed by atoms with Gasteiger partial charge in [0.25, 0.3) is 0 Å². The van der Waals surface area contributed by atoms with E-state index in [0.29, 0.717) is 15.9 Å². The van der Waals surface area contributed by atoms with Crippen molar-refractivity contribution in [1.29, 1.82) is 0 Å². The zero-order chi connectivity index (χ0) is 19.2. The summed E-state index contributed by atoms with van der Waals surface area (Å²) >= 11 is 7.26. The molecule has 0 aliphatic heterocycles. The first kappa shape index (κ1) is 20.0. The predicted molar refractivity (Wildman–Crippen MR) is 110 cm³/mol. The second-order valence-electron chi connectivity index (χ2n) is 7.07. The first-order valence-corrected chi connectivity index (χ1v) is 10.7. The van der Waals surface area contributed by atoms with Crippen LogP contribution < -0.4 is 11.2 Å². The Bertz CT molecular complexity index is 775. The highest BCUT2D eigenvalue weighted by atomic mass is 35.5. The maximum absolute atomic E-state index is 12.4. The summed E-state index contributed by atoms with van der Waals surface area (Å²) in [5.74, 6) is 7.59. The monoisotopic (exact) mass is 407 g/mol. The van der Waals surface area contributed by atoms with Gasteiger partial charge in [-0.15, -0.1) is 10.2 Å². The highest BCUT2D eigenvalue weighted by Gasteiger charge is 2.20. The number of thioether (sulfide) groups is 1. The average molecular weight is 408 g/mol. The van der Waals surface area contributed by atoms with Crippen LogP contribution in [0.3, 0.4) is 0 Å². The van der Waals surface area contributed by atoms with Crippen LogP contribution in [0.2, 0.25) is 5.02 Å². The maximum Gasteiger partial charge on any atom is 0.237 e. The molecule has 1 amide bonds. The third-order valence-corrected chi connectivity index (χ3v) is 6.27. The zero-order valence-electron chi connectivity index (χ0n) is 15.5. The lowest BCUT2D eigenvalue weighted by Crippen LogP contribution is -2.24. The molecule has 1 saturated carbocycles. The standard InChI is InChI=1S/C19H26ClN5OS/c1-13(18(26)22-16-9-5-8-15(20)12-16)27-19-24-23-17(25(19)21)11-10-14-6-3-2-4-7-14/h5,8-9,12-14H,2-4,6-7,10-11,21H2,1H3,(H,22,26)/t13-/m0/s1. The Labute approximate surface area is 169 Å². The third kappa shape index (κ3) is 5.62. The number of carbonyl (C=O) groups excluding carboxylic acids is 1. The summed E-state index contributed by atoms with van der Waals surface area (Å²) in [5.41, 5.74) is 0.669. The van der Waals surface area contributed by atoms with Gasteiger partial charge in [0.05, 0.1) is 5.25 Å². The maximum atomic E-state index is 12.4. The fraction of sp³-hybridized carbons (Fsp3) is 0.526. The van der Waals surface area contributed by atoms with Gasteiger partial charge in [-0.2, -0.15) is 0 Å². The van der Waals surface area contributed by atoms with Crippen molar-refractivity contribution in [3.05, 3.63) is 35.1 Å². The van der Waals surface area contributed by atoms with Gasteiger partial charge in [0, 0.05) is 17.1 Å². The minimum absolute atomic E-state index is 0.131. The number of anilines is 1. The van der Waals surface area contributed by atoms with Crippen LogP contribution in [0.15, 0.2) is 29.4 Å². The van der Waals surface area contributed by atoms with Crippen molar-refractivity contribution in [2.75, 3.05) is 11.2 Å². The molecule has 0 saturated heterocycles. The van der Waals surface area contributed by atoms with Crippen molar-refractivity contribution >= 4 is 35.0 Å². The summed E-state index contributed by atoms with van der Waals surface area (Å²) in [6, 6.07) is 7.08. The number of halogens is 1. The number of hydrogen-bond donors (Lipinski definition) is 2. The van der Waals surface area contributed by atoms with Crippen LogP contribution in [0.5, 0.6) is 0 Å². The van der Waals surface area contributed by atoms with Gasteiger partial charge in [-0.3, -0.25) is 4.79 Å². The van der Waals surface area contributed by atoms with Crippen molar-refractivity contribution in [3.63, 3.8) is 0 Å². The molecule has 2 aromatic rings. The molecule has 146 valence electrons. The van der Waals surface area contributed by atoms with E-state index in [1.165, 1.54) is 48.5 Å². The number of rotatable bonds is 7. The van der Waals surface area contributed by atoms with Crippen molar-refractivity contribution < 1.29 is 4.79 Å². The van der Waals surface area contributed by atoms with Gasteiger partial charge < -0.3 is 11.2 Å². The SMILES string of the molecule is C[C@H](Sc1nnc(CCC2CCCCC2)n1N)C(=O)Nc1cccc(Cl)c1. The van der Waals surface area contributed by atoms with E-state index < -0.39 is 0 Å². The van der Waals surface area contributed by atoms with E-state index in [1.54, 1.807) is 24.3 Å². The topological polar surface area (TPSA) is 85.8 Å². The third-order valence-electron chi connectivity index (χ3n) is 4.98. The quantitative estimate of drug-likeness (QED) is 0.528. The molecule has 1 aromatic carbocycles. The molecule has 0 spiro atoms. The number of hydrogen-bond acceptors (Lipinski definition) is 5. The number of aryl methyl sites for hydroxylation is 1. The van der Waals surface area contributed by atoms with Gasteiger partial charge in [0.1, 0.15) is 0 Å². The van der Waals surface area contributed by atoms with Crippen LogP contribution in [0, 0.1) is 5.92 Å². The number of amides is 1. The molecule has 0 radical (unpaired) electrons. The fourth-order valence-corrected chi connectivity index (χ4v) is 4.37. The van der Waals surface area contributed by atoms with Gasteiger partial charge in [0.2, 0.25) is 11.1 Å². The number of benzene rings is 1. The minimum atomic E-state index is -0.360. The average Bonchev–Trinajstić information content (AvgIpc) is 3.00. The van der Waals surface area contributed by atoms with Crippen molar-refractivity contribution in [3.8, 4) is 0 Å². The van der Waals surface area contributed by atoms with Crippen LogP contribution >= 0.6 is 23.4 Å². The molecule has 1 aromatic heterocycles. The van der Waals surface area contributed by atoms with Crippen molar-refractivity contribution in [1.82, 2.24) is 14.9 Å². The van der Waals surface area contributed by atoms with E-state index in [1.807, 2.05) is 6.92 Å². The van der Waals surface area contributed by atoms with Gasteiger partial charge >= 0.3 is 0 Å². The summed E-state index contributed by atoms with van der Waals surface area (Å²) in [7, 11) is 0. The molecular weight excluding hydrogens is 382 g/mol. The molecule has 1 atom stereocenters. The van der Waals surface area contributed by atoms with Crippen LogP contribution in [0.25, 0.3) is 0 Å². The Morgan fingerprint density at radius 3 is 2.89 bits per heavy atom. The predicted octanol–water partition coefficient (Wildman–Crippen LogP) is 4.28. The van der Waals surface area contributed by atoms with E-state index in [9.17, 15) is 4.79 Å². The Kier molecular flexibility index (Phi) is 7.01.